The molecule has 110 valence electrons. The highest BCUT2D eigenvalue weighted by atomic mass is 127. The molecule has 21 heavy (non-hydrogen) atoms. The van der Waals surface area contributed by atoms with Crippen LogP contribution in [0.2, 0.25) is 5.02 Å². The lowest BCUT2D eigenvalue weighted by Gasteiger charge is -2.09. The van der Waals surface area contributed by atoms with Gasteiger partial charge in [-0.2, -0.15) is 13.2 Å². The summed E-state index contributed by atoms with van der Waals surface area (Å²) in [6, 6.07) is 6.69. The Hall–Kier alpha value is -1.35. The minimum absolute atomic E-state index is 0.103. The fourth-order valence-corrected chi connectivity index (χ4v) is 2.48. The van der Waals surface area contributed by atoms with E-state index in [1.807, 2.05) is 22.6 Å². The minimum atomic E-state index is -4.48. The number of carbonyl (C=O) groups excluding carboxylic acids is 1. The quantitative estimate of drug-likeness (QED) is 0.713. The van der Waals surface area contributed by atoms with Crippen LogP contribution in [-0.4, -0.2) is 10.9 Å². The molecule has 8 heteroatoms. The summed E-state index contributed by atoms with van der Waals surface area (Å²) in [5.74, 6) is -0.594. The monoisotopic (exact) mass is 426 g/mol. The maximum absolute atomic E-state index is 12.4. The van der Waals surface area contributed by atoms with Gasteiger partial charge in [-0.15, -0.1) is 0 Å². The van der Waals surface area contributed by atoms with Crippen LogP contribution in [0.15, 0.2) is 36.5 Å². The zero-order chi connectivity index (χ0) is 15.6. The van der Waals surface area contributed by atoms with Crippen molar-refractivity contribution in [1.29, 1.82) is 0 Å². The van der Waals surface area contributed by atoms with Crippen LogP contribution in [-0.2, 0) is 6.18 Å². The Kier molecular flexibility index (Phi) is 4.72. The van der Waals surface area contributed by atoms with E-state index in [9.17, 15) is 18.0 Å². The molecular formula is C13H7ClF3IN2O. The van der Waals surface area contributed by atoms with Gasteiger partial charge in [0, 0.05) is 14.8 Å². The van der Waals surface area contributed by atoms with Crippen molar-refractivity contribution < 1.29 is 18.0 Å². The summed E-state index contributed by atoms with van der Waals surface area (Å²) in [5, 5.41) is 3.08. The lowest BCUT2D eigenvalue weighted by molar-refractivity contribution is -0.137. The van der Waals surface area contributed by atoms with E-state index in [0.717, 1.165) is 12.1 Å². The Morgan fingerprint density at radius 1 is 1.24 bits per heavy atom. The number of amides is 1. The van der Waals surface area contributed by atoms with E-state index in [1.165, 1.54) is 0 Å². The second-order valence-corrected chi connectivity index (χ2v) is 5.61. The summed E-state index contributed by atoms with van der Waals surface area (Å²) in [7, 11) is 0. The number of halogens is 5. The average Bonchev–Trinajstić information content (AvgIpc) is 2.41. The molecule has 0 aliphatic heterocycles. The molecule has 1 heterocycles. The Morgan fingerprint density at radius 2 is 1.95 bits per heavy atom. The maximum Gasteiger partial charge on any atom is 0.417 e. The van der Waals surface area contributed by atoms with Crippen molar-refractivity contribution in [2.45, 2.75) is 6.18 Å². The van der Waals surface area contributed by atoms with Gasteiger partial charge in [0.15, 0.2) is 0 Å². The number of pyridine rings is 1. The number of hydrogen-bond acceptors (Lipinski definition) is 2. The molecule has 0 atom stereocenters. The predicted octanol–water partition coefficient (Wildman–Crippen LogP) is 4.61. The minimum Gasteiger partial charge on any atom is -0.320 e. The number of alkyl halides is 3. The molecule has 0 spiro atoms. The van der Waals surface area contributed by atoms with Crippen molar-refractivity contribution in [3.05, 3.63) is 56.4 Å². The first-order chi connectivity index (χ1) is 9.77. The number of anilines is 1. The molecule has 2 aromatic rings. The van der Waals surface area contributed by atoms with Gasteiger partial charge < -0.3 is 5.32 Å². The van der Waals surface area contributed by atoms with Gasteiger partial charge in [0.05, 0.1) is 11.3 Å². The summed E-state index contributed by atoms with van der Waals surface area (Å²) in [6.07, 6.45) is -3.85. The van der Waals surface area contributed by atoms with Gasteiger partial charge in [-0.05, 0) is 52.9 Å². The summed E-state index contributed by atoms with van der Waals surface area (Å²) < 4.78 is 37.9. The van der Waals surface area contributed by atoms with Gasteiger partial charge >= 0.3 is 6.18 Å². The Balaban J connectivity index is 2.17. The van der Waals surface area contributed by atoms with Crippen LogP contribution in [0, 0.1) is 3.57 Å². The highest BCUT2D eigenvalue weighted by Crippen LogP contribution is 2.28. The molecule has 0 aliphatic rings. The number of hydrogen-bond donors (Lipinski definition) is 1. The van der Waals surface area contributed by atoms with E-state index in [2.05, 4.69) is 10.3 Å². The van der Waals surface area contributed by atoms with Gasteiger partial charge in [-0.25, -0.2) is 0 Å². The van der Waals surface area contributed by atoms with Gasteiger partial charge in [0.2, 0.25) is 0 Å². The molecule has 1 N–H and O–H groups in total. The first-order valence-electron chi connectivity index (χ1n) is 5.57. The normalized spacial score (nSPS) is 11.3. The number of aromatic nitrogens is 1. The van der Waals surface area contributed by atoms with Crippen molar-refractivity contribution in [3.8, 4) is 0 Å². The third-order valence-electron chi connectivity index (χ3n) is 2.50. The number of benzene rings is 1. The topological polar surface area (TPSA) is 42.0 Å². The largest absolute Gasteiger partial charge is 0.417 e. The van der Waals surface area contributed by atoms with Crippen LogP contribution < -0.4 is 5.32 Å². The van der Waals surface area contributed by atoms with Crippen LogP contribution in [0.3, 0.4) is 0 Å². The van der Waals surface area contributed by atoms with Gasteiger partial charge in [-0.1, -0.05) is 11.6 Å². The van der Waals surface area contributed by atoms with E-state index in [-0.39, 0.29) is 5.69 Å². The molecule has 0 saturated carbocycles. The van der Waals surface area contributed by atoms with E-state index in [0.29, 0.717) is 20.5 Å². The van der Waals surface area contributed by atoms with E-state index >= 15 is 0 Å². The van der Waals surface area contributed by atoms with E-state index in [1.54, 1.807) is 18.2 Å². The number of rotatable bonds is 2. The van der Waals surface area contributed by atoms with Gasteiger partial charge in [-0.3, -0.25) is 9.78 Å². The maximum atomic E-state index is 12.4. The zero-order valence-corrected chi connectivity index (χ0v) is 13.1. The third kappa shape index (κ3) is 4.07. The number of nitrogens with zero attached hydrogens (tertiary/aromatic N) is 1. The molecule has 2 rings (SSSR count). The second kappa shape index (κ2) is 6.18. The lowest BCUT2D eigenvalue weighted by atomic mass is 10.2. The summed E-state index contributed by atoms with van der Waals surface area (Å²) in [4.78, 5) is 15.4. The molecular weight excluding hydrogens is 420 g/mol. The molecule has 0 fully saturated rings. The second-order valence-electron chi connectivity index (χ2n) is 4.01. The lowest BCUT2D eigenvalue weighted by Crippen LogP contribution is -2.15. The van der Waals surface area contributed by atoms with Crippen LogP contribution in [0.4, 0.5) is 18.9 Å². The molecule has 3 nitrogen and oxygen atoms in total. The van der Waals surface area contributed by atoms with Crippen molar-refractivity contribution in [2.75, 3.05) is 5.32 Å². The molecule has 1 aromatic heterocycles. The first-order valence-corrected chi connectivity index (χ1v) is 7.02. The third-order valence-corrected chi connectivity index (χ3v) is 3.63. The SMILES string of the molecule is O=C(Nc1ccc(Cl)cc1I)c1ccc(C(F)(F)F)cn1. The van der Waals surface area contributed by atoms with Crippen molar-refractivity contribution in [1.82, 2.24) is 4.98 Å². The fourth-order valence-electron chi connectivity index (χ4n) is 1.47. The molecule has 0 saturated heterocycles. The summed E-state index contributed by atoms with van der Waals surface area (Å²) in [5.41, 5.74) is -0.499. The first kappa shape index (κ1) is 16.0. The Morgan fingerprint density at radius 3 is 2.48 bits per heavy atom. The summed E-state index contributed by atoms with van der Waals surface area (Å²) in [6.45, 7) is 0. The highest BCUT2D eigenvalue weighted by Gasteiger charge is 2.30. The van der Waals surface area contributed by atoms with Crippen molar-refractivity contribution >= 4 is 45.8 Å². The average molecular weight is 427 g/mol. The summed E-state index contributed by atoms with van der Waals surface area (Å²) >= 11 is 7.78. The van der Waals surface area contributed by atoms with Gasteiger partial charge in [0.1, 0.15) is 5.69 Å². The smallest absolute Gasteiger partial charge is 0.320 e. The van der Waals surface area contributed by atoms with Crippen LogP contribution in [0.25, 0.3) is 0 Å². The molecule has 1 amide bonds. The molecule has 0 aliphatic carbocycles. The highest BCUT2D eigenvalue weighted by molar-refractivity contribution is 14.1. The molecule has 1 aromatic carbocycles. The Labute approximate surface area is 136 Å². The van der Waals surface area contributed by atoms with Crippen LogP contribution >= 0.6 is 34.2 Å². The van der Waals surface area contributed by atoms with E-state index in [4.69, 9.17) is 11.6 Å². The fraction of sp³-hybridized carbons (Fsp3) is 0.0769. The van der Waals surface area contributed by atoms with E-state index < -0.39 is 17.6 Å². The molecule has 0 unspecified atom stereocenters. The zero-order valence-electron chi connectivity index (χ0n) is 10.2. The number of carbonyl (C=O) groups is 1. The van der Waals surface area contributed by atoms with Gasteiger partial charge in [0.25, 0.3) is 5.91 Å². The Bertz CT molecular complexity index is 674. The molecule has 0 bridgehead atoms. The molecule has 0 radical (unpaired) electrons. The van der Waals surface area contributed by atoms with Crippen LogP contribution in [0.1, 0.15) is 16.1 Å². The predicted molar refractivity (Wildman–Crippen MR) is 81.4 cm³/mol. The van der Waals surface area contributed by atoms with Crippen molar-refractivity contribution in [3.63, 3.8) is 0 Å². The standard InChI is InChI=1S/C13H7ClF3IN2O/c14-8-2-4-10(9(18)5-8)20-12(21)11-3-1-7(6-19-11)13(15,16)17/h1-6H,(H,20,21). The van der Waals surface area contributed by atoms with Crippen molar-refractivity contribution in [2.24, 2.45) is 0 Å². The van der Waals surface area contributed by atoms with Crippen LogP contribution in [0.5, 0.6) is 0 Å². The number of nitrogens with one attached hydrogen (secondary N) is 1.